The van der Waals surface area contributed by atoms with Crippen LogP contribution in [0.25, 0.3) is 0 Å². The van der Waals surface area contributed by atoms with Gasteiger partial charge in [0.25, 0.3) is 5.91 Å². The topological polar surface area (TPSA) is 97.8 Å². The number of hydrogen-bond acceptors (Lipinski definition) is 6. The van der Waals surface area contributed by atoms with Crippen molar-refractivity contribution in [2.75, 3.05) is 19.1 Å². The van der Waals surface area contributed by atoms with E-state index >= 15 is 0 Å². The van der Waals surface area contributed by atoms with Crippen molar-refractivity contribution < 1.29 is 23.9 Å². The first-order chi connectivity index (χ1) is 16.9. The van der Waals surface area contributed by atoms with Crippen LogP contribution in [-0.4, -0.2) is 37.0 Å². The van der Waals surface area contributed by atoms with Crippen molar-refractivity contribution in [2.24, 2.45) is 5.41 Å². The molecule has 2 heterocycles. The zero-order valence-electron chi connectivity index (χ0n) is 19.9. The third-order valence-electron chi connectivity index (χ3n) is 6.31. The summed E-state index contributed by atoms with van der Waals surface area (Å²) >= 11 is 0. The van der Waals surface area contributed by atoms with E-state index < -0.39 is 23.3 Å². The summed E-state index contributed by atoms with van der Waals surface area (Å²) in [6.07, 6.45) is 4.01. The van der Waals surface area contributed by atoms with Crippen LogP contribution < -0.4 is 19.7 Å². The van der Waals surface area contributed by atoms with Gasteiger partial charge in [0.15, 0.2) is 0 Å². The molecule has 1 fully saturated rings. The lowest BCUT2D eigenvalue weighted by atomic mass is 9.73. The highest BCUT2D eigenvalue weighted by atomic mass is 16.5. The predicted molar refractivity (Wildman–Crippen MR) is 130 cm³/mol. The highest BCUT2D eigenvalue weighted by Crippen LogP contribution is 2.39. The van der Waals surface area contributed by atoms with Crippen LogP contribution in [0.1, 0.15) is 23.1 Å². The number of nitrogens with zero attached hydrogens (tertiary/aromatic N) is 2. The fourth-order valence-electron chi connectivity index (χ4n) is 4.37. The fourth-order valence-corrected chi connectivity index (χ4v) is 4.37. The fraction of sp³-hybridized carbons (Fsp3) is 0.259. The molecule has 3 aromatic rings. The average Bonchev–Trinajstić information content (AvgIpc) is 2.86. The van der Waals surface area contributed by atoms with Crippen LogP contribution in [0.5, 0.6) is 11.5 Å². The number of carbonyl (C=O) groups is 3. The average molecular weight is 474 g/mol. The minimum absolute atomic E-state index is 0.0471. The minimum atomic E-state index is -1.54. The van der Waals surface area contributed by atoms with Crippen LogP contribution in [0.2, 0.25) is 0 Å². The number of nitrogens with one attached hydrogen (secondary N) is 1. The van der Waals surface area contributed by atoms with Gasteiger partial charge in [0.2, 0.25) is 5.91 Å². The molecule has 35 heavy (non-hydrogen) atoms. The maximum Gasteiger partial charge on any atom is 0.335 e. The van der Waals surface area contributed by atoms with Crippen molar-refractivity contribution in [1.29, 1.82) is 0 Å². The summed E-state index contributed by atoms with van der Waals surface area (Å²) in [6, 6.07) is 15.2. The Bertz CT molecular complexity index is 1260. The third-order valence-corrected chi connectivity index (χ3v) is 6.31. The molecule has 0 radical (unpaired) electrons. The number of hydrogen-bond donors (Lipinski definition) is 1. The smallest absolute Gasteiger partial charge is 0.335 e. The highest BCUT2D eigenvalue weighted by Gasteiger charge is 2.54. The maximum atomic E-state index is 14.1. The van der Waals surface area contributed by atoms with Crippen LogP contribution in [0.15, 0.2) is 67.0 Å². The minimum Gasteiger partial charge on any atom is -0.497 e. The van der Waals surface area contributed by atoms with E-state index in [-0.39, 0.29) is 12.8 Å². The van der Waals surface area contributed by atoms with E-state index in [9.17, 15) is 14.4 Å². The molecular formula is C27H27N3O5. The summed E-state index contributed by atoms with van der Waals surface area (Å²) in [5, 5.41) is 2.43. The molecule has 4 amide bonds. The number of benzene rings is 2. The lowest BCUT2D eigenvalue weighted by molar-refractivity contribution is -0.143. The van der Waals surface area contributed by atoms with Gasteiger partial charge in [-0.25, -0.2) is 9.69 Å². The quantitative estimate of drug-likeness (QED) is 0.499. The van der Waals surface area contributed by atoms with Gasteiger partial charge >= 0.3 is 6.03 Å². The second kappa shape index (κ2) is 9.97. The SMILES string of the molecule is COc1ccc(C[C@@]2(CCc3ccncc3)C(=O)NC(=O)N(c3cccc(C)c3)C2=O)c(OC)c1. The number of rotatable bonds is 8. The first-order valence-electron chi connectivity index (χ1n) is 11.2. The van der Waals surface area contributed by atoms with Gasteiger partial charge in [-0.15, -0.1) is 0 Å². The molecule has 0 saturated carbocycles. The van der Waals surface area contributed by atoms with E-state index in [0.29, 0.717) is 29.2 Å². The molecule has 180 valence electrons. The van der Waals surface area contributed by atoms with Gasteiger partial charge in [-0.3, -0.25) is 19.9 Å². The van der Waals surface area contributed by atoms with Crippen LogP contribution in [-0.2, 0) is 22.4 Å². The van der Waals surface area contributed by atoms with Crippen LogP contribution in [0, 0.1) is 12.3 Å². The Morgan fingerprint density at radius 1 is 0.971 bits per heavy atom. The third kappa shape index (κ3) is 4.73. The molecule has 1 saturated heterocycles. The molecule has 2 aromatic carbocycles. The first-order valence-corrected chi connectivity index (χ1v) is 11.2. The number of aromatic nitrogens is 1. The highest BCUT2D eigenvalue weighted by molar-refractivity contribution is 6.30. The summed E-state index contributed by atoms with van der Waals surface area (Å²) in [5.74, 6) is -0.105. The summed E-state index contributed by atoms with van der Waals surface area (Å²) in [4.78, 5) is 45.5. The van der Waals surface area contributed by atoms with Crippen molar-refractivity contribution in [2.45, 2.75) is 26.2 Å². The van der Waals surface area contributed by atoms with Gasteiger partial charge in [0, 0.05) is 18.5 Å². The molecule has 1 atom stereocenters. The number of urea groups is 1. The van der Waals surface area contributed by atoms with Crippen molar-refractivity contribution >= 4 is 23.5 Å². The lowest BCUT2D eigenvalue weighted by Crippen LogP contribution is -2.65. The van der Waals surface area contributed by atoms with E-state index in [1.54, 1.807) is 55.9 Å². The van der Waals surface area contributed by atoms with E-state index in [2.05, 4.69) is 10.3 Å². The molecule has 1 aliphatic rings. The van der Waals surface area contributed by atoms with Gasteiger partial charge in [0.1, 0.15) is 16.9 Å². The van der Waals surface area contributed by atoms with Crippen LogP contribution in [0.3, 0.4) is 0 Å². The van der Waals surface area contributed by atoms with Gasteiger partial charge < -0.3 is 9.47 Å². The molecule has 0 unspecified atom stereocenters. The van der Waals surface area contributed by atoms with Gasteiger partial charge in [0.05, 0.1) is 19.9 Å². The lowest BCUT2D eigenvalue weighted by Gasteiger charge is -2.39. The second-order valence-electron chi connectivity index (χ2n) is 8.53. The Hall–Kier alpha value is -4.20. The summed E-state index contributed by atoms with van der Waals surface area (Å²) in [7, 11) is 3.07. The van der Waals surface area contributed by atoms with E-state index in [1.165, 1.54) is 7.11 Å². The van der Waals surface area contributed by atoms with Crippen molar-refractivity contribution in [3.63, 3.8) is 0 Å². The number of carbonyl (C=O) groups excluding carboxylic acids is 3. The van der Waals surface area contributed by atoms with Crippen molar-refractivity contribution in [3.05, 3.63) is 83.7 Å². The number of methoxy groups -OCH3 is 2. The first kappa shape index (κ1) is 23.9. The summed E-state index contributed by atoms with van der Waals surface area (Å²) in [6.45, 7) is 1.87. The molecular weight excluding hydrogens is 446 g/mol. The predicted octanol–water partition coefficient (Wildman–Crippen LogP) is 3.85. The Kier molecular flexibility index (Phi) is 6.82. The zero-order valence-corrected chi connectivity index (χ0v) is 19.9. The van der Waals surface area contributed by atoms with Crippen molar-refractivity contribution in [3.8, 4) is 11.5 Å². The molecule has 0 aliphatic carbocycles. The molecule has 1 aliphatic heterocycles. The Labute approximate surface area is 203 Å². The zero-order chi connectivity index (χ0) is 25.0. The molecule has 0 spiro atoms. The summed E-state index contributed by atoms with van der Waals surface area (Å²) < 4.78 is 10.8. The maximum absolute atomic E-state index is 14.1. The number of ether oxygens (including phenoxy) is 2. The van der Waals surface area contributed by atoms with E-state index in [4.69, 9.17) is 9.47 Å². The number of aryl methyl sites for hydroxylation is 2. The van der Waals surface area contributed by atoms with Crippen LogP contribution in [0.4, 0.5) is 10.5 Å². The number of imide groups is 2. The summed E-state index contributed by atoms with van der Waals surface area (Å²) in [5.41, 5.74) is 1.35. The number of barbiturate groups is 1. The number of anilines is 1. The molecule has 0 bridgehead atoms. The molecule has 4 rings (SSSR count). The standard InChI is InChI=1S/C27H27N3O5/c1-18-5-4-6-21(15-18)30-25(32)27(24(31)29-26(30)33,12-9-19-10-13-28-14-11-19)17-20-7-8-22(34-2)16-23(20)35-3/h4-8,10-11,13-16H,9,12,17H2,1-3H3,(H,29,31,33)/t27-/m0/s1. The monoisotopic (exact) mass is 473 g/mol. The van der Waals surface area contributed by atoms with E-state index in [1.807, 2.05) is 25.1 Å². The van der Waals surface area contributed by atoms with Gasteiger partial charge in [-0.1, -0.05) is 18.2 Å². The Morgan fingerprint density at radius 2 is 1.74 bits per heavy atom. The molecule has 8 heteroatoms. The second-order valence-corrected chi connectivity index (χ2v) is 8.53. The Balaban J connectivity index is 1.80. The number of amides is 4. The molecule has 8 nitrogen and oxygen atoms in total. The number of pyridine rings is 1. The Morgan fingerprint density at radius 3 is 2.43 bits per heavy atom. The largest absolute Gasteiger partial charge is 0.497 e. The molecule has 1 N–H and O–H groups in total. The van der Waals surface area contributed by atoms with E-state index in [0.717, 1.165) is 16.0 Å². The van der Waals surface area contributed by atoms with Gasteiger partial charge in [-0.05, 0) is 73.2 Å². The van der Waals surface area contributed by atoms with Crippen molar-refractivity contribution in [1.82, 2.24) is 10.3 Å². The normalized spacial score (nSPS) is 17.8. The van der Waals surface area contributed by atoms with Gasteiger partial charge in [-0.2, -0.15) is 0 Å². The molecule has 1 aromatic heterocycles. The van der Waals surface area contributed by atoms with Crippen LogP contribution >= 0.6 is 0 Å².